The highest BCUT2D eigenvalue weighted by atomic mass is 32.2. The molecule has 104 valence electrons. The van der Waals surface area contributed by atoms with Crippen molar-refractivity contribution >= 4 is 29.2 Å². The zero-order valence-corrected chi connectivity index (χ0v) is 11.8. The number of pyridine rings is 1. The van der Waals surface area contributed by atoms with Crippen LogP contribution < -0.4 is 10.6 Å². The van der Waals surface area contributed by atoms with Crippen molar-refractivity contribution in [3.05, 3.63) is 17.8 Å². The first kappa shape index (κ1) is 14.0. The van der Waals surface area contributed by atoms with Crippen molar-refractivity contribution in [2.45, 2.75) is 24.5 Å². The Hall–Kier alpha value is -1.43. The SMILES string of the molecule is CSC1CCCN(c2nccc(C(=O)O)c2N)CC1. The molecule has 0 aromatic carbocycles. The minimum absolute atomic E-state index is 0.135. The second-order valence-corrected chi connectivity index (χ2v) is 5.81. The molecule has 0 bridgehead atoms. The number of thioether (sulfide) groups is 1. The smallest absolute Gasteiger partial charge is 0.337 e. The molecule has 0 saturated carbocycles. The number of carbonyl (C=O) groups is 1. The number of hydrogen-bond acceptors (Lipinski definition) is 5. The first-order valence-electron chi connectivity index (χ1n) is 6.39. The van der Waals surface area contributed by atoms with E-state index in [1.54, 1.807) is 0 Å². The first-order chi connectivity index (χ1) is 9.13. The van der Waals surface area contributed by atoms with Crippen molar-refractivity contribution in [3.8, 4) is 0 Å². The molecule has 1 fully saturated rings. The van der Waals surface area contributed by atoms with Gasteiger partial charge in [-0.1, -0.05) is 0 Å². The normalized spacial score (nSPS) is 20.1. The summed E-state index contributed by atoms with van der Waals surface area (Å²) in [7, 11) is 0. The standard InChI is InChI=1S/C13H19N3O2S/c1-19-9-3-2-7-16(8-5-9)12-11(14)10(13(17)18)4-6-15-12/h4,6,9H,2-3,5,7-8,14H2,1H3,(H,17,18). The molecule has 1 aromatic heterocycles. The lowest BCUT2D eigenvalue weighted by atomic mass is 10.2. The molecule has 1 unspecified atom stereocenters. The molecule has 2 rings (SSSR count). The topological polar surface area (TPSA) is 79.5 Å². The van der Waals surface area contributed by atoms with Crippen molar-refractivity contribution in [3.63, 3.8) is 0 Å². The van der Waals surface area contributed by atoms with Gasteiger partial charge in [0, 0.05) is 24.5 Å². The largest absolute Gasteiger partial charge is 0.478 e. The van der Waals surface area contributed by atoms with Crippen LogP contribution in [-0.2, 0) is 0 Å². The molecular formula is C13H19N3O2S. The minimum atomic E-state index is -1.00. The number of rotatable bonds is 3. The number of anilines is 2. The number of aromatic nitrogens is 1. The van der Waals surface area contributed by atoms with Gasteiger partial charge < -0.3 is 15.7 Å². The molecular weight excluding hydrogens is 262 g/mol. The summed E-state index contributed by atoms with van der Waals surface area (Å²) in [6.45, 7) is 1.77. The van der Waals surface area contributed by atoms with Crippen LogP contribution in [0, 0.1) is 0 Å². The maximum Gasteiger partial charge on any atom is 0.337 e. The van der Waals surface area contributed by atoms with E-state index < -0.39 is 5.97 Å². The summed E-state index contributed by atoms with van der Waals surface area (Å²) in [6.07, 6.45) is 7.02. The van der Waals surface area contributed by atoms with Gasteiger partial charge in [-0.3, -0.25) is 0 Å². The van der Waals surface area contributed by atoms with Crippen LogP contribution in [0.1, 0.15) is 29.6 Å². The Morgan fingerprint density at radius 1 is 1.53 bits per heavy atom. The summed E-state index contributed by atoms with van der Waals surface area (Å²) in [5.41, 5.74) is 6.35. The highest BCUT2D eigenvalue weighted by molar-refractivity contribution is 7.99. The molecule has 3 N–H and O–H groups in total. The Labute approximate surface area is 117 Å². The van der Waals surface area contributed by atoms with Gasteiger partial charge in [0.1, 0.15) is 0 Å². The van der Waals surface area contributed by atoms with Gasteiger partial charge in [-0.25, -0.2) is 9.78 Å². The third kappa shape index (κ3) is 3.12. The van der Waals surface area contributed by atoms with Gasteiger partial charge in [0.2, 0.25) is 0 Å². The summed E-state index contributed by atoms with van der Waals surface area (Å²) in [5.74, 6) is -0.389. The summed E-state index contributed by atoms with van der Waals surface area (Å²) < 4.78 is 0. The van der Waals surface area contributed by atoms with Crippen molar-refractivity contribution < 1.29 is 9.90 Å². The van der Waals surface area contributed by atoms with E-state index in [9.17, 15) is 4.79 Å². The van der Waals surface area contributed by atoms with Crippen LogP contribution in [0.15, 0.2) is 12.3 Å². The quantitative estimate of drug-likeness (QED) is 0.883. The third-order valence-corrected chi connectivity index (χ3v) is 4.65. The molecule has 5 nitrogen and oxygen atoms in total. The molecule has 0 amide bonds. The second-order valence-electron chi connectivity index (χ2n) is 4.68. The fraction of sp³-hybridized carbons (Fsp3) is 0.538. The molecule has 0 radical (unpaired) electrons. The van der Waals surface area contributed by atoms with Crippen LogP contribution in [0.25, 0.3) is 0 Å². The predicted molar refractivity (Wildman–Crippen MR) is 79.0 cm³/mol. The van der Waals surface area contributed by atoms with E-state index in [1.165, 1.54) is 18.7 Å². The van der Waals surface area contributed by atoms with E-state index in [0.29, 0.717) is 11.1 Å². The van der Waals surface area contributed by atoms with Crippen LogP contribution in [0.4, 0.5) is 11.5 Å². The number of carboxylic acid groups (broad SMARTS) is 1. The first-order valence-corrected chi connectivity index (χ1v) is 7.67. The van der Waals surface area contributed by atoms with Crippen molar-refractivity contribution in [2.24, 2.45) is 0 Å². The maximum atomic E-state index is 11.1. The molecule has 1 saturated heterocycles. The molecule has 0 aliphatic carbocycles. The van der Waals surface area contributed by atoms with E-state index in [4.69, 9.17) is 10.8 Å². The van der Waals surface area contributed by atoms with E-state index in [0.717, 1.165) is 25.9 Å². The molecule has 6 heteroatoms. The number of nitrogens with two attached hydrogens (primary N) is 1. The van der Waals surface area contributed by atoms with E-state index in [-0.39, 0.29) is 11.3 Å². The number of hydrogen-bond donors (Lipinski definition) is 2. The van der Waals surface area contributed by atoms with Crippen LogP contribution in [0.5, 0.6) is 0 Å². The van der Waals surface area contributed by atoms with E-state index in [1.807, 2.05) is 11.8 Å². The van der Waals surface area contributed by atoms with Crippen LogP contribution >= 0.6 is 11.8 Å². The predicted octanol–water partition coefficient (Wildman–Crippen LogP) is 2.08. The van der Waals surface area contributed by atoms with Crippen molar-refractivity contribution in [1.29, 1.82) is 0 Å². The molecule has 1 aromatic rings. The average molecular weight is 281 g/mol. The molecule has 1 atom stereocenters. The molecule has 1 aliphatic heterocycles. The Morgan fingerprint density at radius 3 is 3.00 bits per heavy atom. The van der Waals surface area contributed by atoms with Gasteiger partial charge in [-0.2, -0.15) is 11.8 Å². The molecule has 0 spiro atoms. The van der Waals surface area contributed by atoms with Gasteiger partial charge in [-0.15, -0.1) is 0 Å². The highest BCUT2D eigenvalue weighted by Gasteiger charge is 2.21. The van der Waals surface area contributed by atoms with Gasteiger partial charge in [0.05, 0.1) is 11.3 Å². The minimum Gasteiger partial charge on any atom is -0.478 e. The Balaban J connectivity index is 2.22. The second kappa shape index (κ2) is 6.14. The van der Waals surface area contributed by atoms with E-state index >= 15 is 0 Å². The lowest BCUT2D eigenvalue weighted by Crippen LogP contribution is -2.27. The molecule has 19 heavy (non-hydrogen) atoms. The molecule has 1 aliphatic rings. The van der Waals surface area contributed by atoms with Gasteiger partial charge >= 0.3 is 5.97 Å². The van der Waals surface area contributed by atoms with Crippen molar-refractivity contribution in [1.82, 2.24) is 4.98 Å². The zero-order chi connectivity index (χ0) is 13.8. The number of nitrogens with zero attached hydrogens (tertiary/aromatic N) is 2. The van der Waals surface area contributed by atoms with Crippen molar-refractivity contribution in [2.75, 3.05) is 30.0 Å². The number of aromatic carboxylic acids is 1. The Morgan fingerprint density at radius 2 is 2.32 bits per heavy atom. The zero-order valence-electron chi connectivity index (χ0n) is 11.0. The van der Waals surface area contributed by atoms with Crippen LogP contribution in [0.3, 0.4) is 0 Å². The summed E-state index contributed by atoms with van der Waals surface area (Å²) >= 11 is 1.90. The monoisotopic (exact) mass is 281 g/mol. The summed E-state index contributed by atoms with van der Waals surface area (Å²) in [6, 6.07) is 1.45. The fourth-order valence-corrected chi connectivity index (χ4v) is 3.16. The lowest BCUT2D eigenvalue weighted by Gasteiger charge is -2.23. The lowest BCUT2D eigenvalue weighted by molar-refractivity contribution is 0.0698. The number of carboxylic acids is 1. The number of nitrogen functional groups attached to an aromatic ring is 1. The van der Waals surface area contributed by atoms with E-state index in [2.05, 4.69) is 16.1 Å². The average Bonchev–Trinajstić information content (AvgIpc) is 2.64. The van der Waals surface area contributed by atoms with Crippen LogP contribution in [0.2, 0.25) is 0 Å². The molecule has 2 heterocycles. The van der Waals surface area contributed by atoms with Crippen LogP contribution in [-0.4, -0.2) is 40.7 Å². The van der Waals surface area contributed by atoms with Gasteiger partial charge in [0.15, 0.2) is 5.82 Å². The highest BCUT2D eigenvalue weighted by Crippen LogP contribution is 2.28. The summed E-state index contributed by atoms with van der Waals surface area (Å²) in [4.78, 5) is 17.5. The Bertz CT molecular complexity index is 467. The van der Waals surface area contributed by atoms with Gasteiger partial charge in [0.25, 0.3) is 0 Å². The summed E-state index contributed by atoms with van der Waals surface area (Å²) in [5, 5.41) is 9.77. The maximum absolute atomic E-state index is 11.1. The Kier molecular flexibility index (Phi) is 4.52. The van der Waals surface area contributed by atoms with Gasteiger partial charge in [-0.05, 0) is 31.6 Å². The fourth-order valence-electron chi connectivity index (χ4n) is 2.41. The third-order valence-electron chi connectivity index (χ3n) is 3.51.